The first-order valence-corrected chi connectivity index (χ1v) is 7.11. The Bertz CT molecular complexity index is 197. The van der Waals surface area contributed by atoms with E-state index in [1.807, 2.05) is 6.92 Å². The van der Waals surface area contributed by atoms with E-state index >= 15 is 0 Å². The average Bonchev–Trinajstić information content (AvgIpc) is 2.25. The third-order valence-corrected chi connectivity index (χ3v) is 3.29. The lowest BCUT2D eigenvalue weighted by molar-refractivity contribution is -0.149. The fraction of sp³-hybridized carbons (Fsp3) is 0.933. The van der Waals surface area contributed by atoms with Crippen molar-refractivity contribution in [1.82, 2.24) is 0 Å². The standard InChI is InChI=1S/C15H30O2/c1-12(2)10-8-6-7-9-11-17-15(16)14(5)13(3)4/h12-14H,6-11H2,1-5H3. The van der Waals surface area contributed by atoms with Crippen LogP contribution >= 0.6 is 0 Å². The zero-order valence-electron chi connectivity index (χ0n) is 12.3. The van der Waals surface area contributed by atoms with Gasteiger partial charge in [0.05, 0.1) is 12.5 Å². The van der Waals surface area contributed by atoms with Gasteiger partial charge >= 0.3 is 5.97 Å². The lowest BCUT2D eigenvalue weighted by Gasteiger charge is -2.14. The van der Waals surface area contributed by atoms with Gasteiger partial charge in [-0.3, -0.25) is 4.79 Å². The molecular formula is C15H30O2. The molecule has 0 aromatic heterocycles. The highest BCUT2D eigenvalue weighted by Crippen LogP contribution is 2.12. The van der Waals surface area contributed by atoms with Gasteiger partial charge in [-0.05, 0) is 18.3 Å². The number of hydrogen-bond donors (Lipinski definition) is 0. The van der Waals surface area contributed by atoms with Crippen LogP contribution in [0.4, 0.5) is 0 Å². The van der Waals surface area contributed by atoms with Crippen LogP contribution in [-0.4, -0.2) is 12.6 Å². The summed E-state index contributed by atoms with van der Waals surface area (Å²) in [4.78, 5) is 11.5. The zero-order chi connectivity index (χ0) is 13.3. The van der Waals surface area contributed by atoms with E-state index in [0.29, 0.717) is 12.5 Å². The Morgan fingerprint density at radius 3 is 2.06 bits per heavy atom. The van der Waals surface area contributed by atoms with E-state index in [-0.39, 0.29) is 11.9 Å². The summed E-state index contributed by atoms with van der Waals surface area (Å²) in [5.74, 6) is 1.16. The highest BCUT2D eigenvalue weighted by Gasteiger charge is 2.17. The number of carbonyl (C=O) groups is 1. The number of esters is 1. The molecule has 0 saturated heterocycles. The third-order valence-electron chi connectivity index (χ3n) is 3.29. The second-order valence-electron chi connectivity index (χ2n) is 5.80. The molecule has 0 aromatic carbocycles. The van der Waals surface area contributed by atoms with Crippen LogP contribution < -0.4 is 0 Å². The molecule has 1 atom stereocenters. The second-order valence-corrected chi connectivity index (χ2v) is 5.80. The summed E-state index contributed by atoms with van der Waals surface area (Å²) < 4.78 is 5.25. The molecule has 2 heteroatoms. The Balaban J connectivity index is 3.37. The van der Waals surface area contributed by atoms with Gasteiger partial charge in [0.2, 0.25) is 0 Å². The van der Waals surface area contributed by atoms with E-state index in [0.717, 1.165) is 12.3 Å². The summed E-state index contributed by atoms with van der Waals surface area (Å²) in [5.41, 5.74) is 0. The molecule has 0 spiro atoms. The summed E-state index contributed by atoms with van der Waals surface area (Å²) >= 11 is 0. The average molecular weight is 242 g/mol. The van der Waals surface area contributed by atoms with E-state index < -0.39 is 0 Å². The number of hydrogen-bond acceptors (Lipinski definition) is 2. The molecule has 0 bridgehead atoms. The van der Waals surface area contributed by atoms with Gasteiger partial charge in [-0.15, -0.1) is 0 Å². The monoisotopic (exact) mass is 242 g/mol. The van der Waals surface area contributed by atoms with Gasteiger partial charge < -0.3 is 4.74 Å². The molecule has 1 unspecified atom stereocenters. The predicted octanol–water partition coefficient (Wildman–Crippen LogP) is 4.43. The van der Waals surface area contributed by atoms with Crippen molar-refractivity contribution >= 4 is 5.97 Å². The molecular weight excluding hydrogens is 212 g/mol. The van der Waals surface area contributed by atoms with E-state index in [4.69, 9.17) is 4.74 Å². The van der Waals surface area contributed by atoms with Crippen LogP contribution in [0.5, 0.6) is 0 Å². The smallest absolute Gasteiger partial charge is 0.308 e. The summed E-state index contributed by atoms with van der Waals surface area (Å²) in [6, 6.07) is 0. The first kappa shape index (κ1) is 16.5. The Kier molecular flexibility index (Phi) is 9.20. The van der Waals surface area contributed by atoms with Gasteiger partial charge in [0.15, 0.2) is 0 Å². The molecule has 0 aromatic rings. The Morgan fingerprint density at radius 2 is 1.53 bits per heavy atom. The van der Waals surface area contributed by atoms with E-state index in [1.165, 1.54) is 25.7 Å². The van der Waals surface area contributed by atoms with Crippen molar-refractivity contribution in [1.29, 1.82) is 0 Å². The van der Waals surface area contributed by atoms with Gasteiger partial charge in [0.1, 0.15) is 0 Å². The Morgan fingerprint density at radius 1 is 0.941 bits per heavy atom. The summed E-state index contributed by atoms with van der Waals surface area (Å²) in [6.07, 6.45) is 6.05. The molecule has 0 aliphatic carbocycles. The molecule has 2 nitrogen and oxygen atoms in total. The van der Waals surface area contributed by atoms with E-state index in [2.05, 4.69) is 27.7 Å². The highest BCUT2D eigenvalue weighted by molar-refractivity contribution is 5.72. The van der Waals surface area contributed by atoms with Crippen molar-refractivity contribution in [2.75, 3.05) is 6.61 Å². The molecule has 0 rings (SSSR count). The largest absolute Gasteiger partial charge is 0.465 e. The minimum Gasteiger partial charge on any atom is -0.465 e. The summed E-state index contributed by atoms with van der Waals surface area (Å²) in [6.45, 7) is 11.2. The Labute approximate surface area is 107 Å². The van der Waals surface area contributed by atoms with E-state index in [1.54, 1.807) is 0 Å². The van der Waals surface area contributed by atoms with Crippen molar-refractivity contribution in [2.45, 2.75) is 66.7 Å². The quantitative estimate of drug-likeness (QED) is 0.441. The molecule has 0 heterocycles. The molecule has 0 aliphatic rings. The molecule has 0 fully saturated rings. The van der Waals surface area contributed by atoms with Gasteiger partial charge in [0, 0.05) is 0 Å². The van der Waals surface area contributed by atoms with Crippen LogP contribution in [0.2, 0.25) is 0 Å². The van der Waals surface area contributed by atoms with Crippen molar-refractivity contribution < 1.29 is 9.53 Å². The molecule has 17 heavy (non-hydrogen) atoms. The van der Waals surface area contributed by atoms with E-state index in [9.17, 15) is 4.79 Å². The zero-order valence-corrected chi connectivity index (χ0v) is 12.3. The van der Waals surface area contributed by atoms with Crippen molar-refractivity contribution in [3.63, 3.8) is 0 Å². The number of ether oxygens (including phenoxy) is 1. The number of rotatable bonds is 9. The Hall–Kier alpha value is -0.530. The molecule has 0 radical (unpaired) electrons. The molecule has 0 aliphatic heterocycles. The molecule has 102 valence electrons. The van der Waals surface area contributed by atoms with Crippen LogP contribution in [0.1, 0.15) is 66.7 Å². The maximum atomic E-state index is 11.5. The van der Waals surface area contributed by atoms with Crippen LogP contribution in [0, 0.1) is 17.8 Å². The van der Waals surface area contributed by atoms with Gasteiger partial charge in [0.25, 0.3) is 0 Å². The third kappa shape index (κ3) is 9.20. The lowest BCUT2D eigenvalue weighted by atomic mass is 9.99. The van der Waals surface area contributed by atoms with Crippen molar-refractivity contribution in [2.24, 2.45) is 17.8 Å². The fourth-order valence-electron chi connectivity index (χ4n) is 1.58. The number of unbranched alkanes of at least 4 members (excludes halogenated alkanes) is 3. The second kappa shape index (κ2) is 9.49. The first-order valence-electron chi connectivity index (χ1n) is 7.11. The van der Waals surface area contributed by atoms with Crippen LogP contribution in [0.25, 0.3) is 0 Å². The predicted molar refractivity (Wildman–Crippen MR) is 72.9 cm³/mol. The summed E-state index contributed by atoms with van der Waals surface area (Å²) in [7, 11) is 0. The maximum Gasteiger partial charge on any atom is 0.308 e. The van der Waals surface area contributed by atoms with Crippen LogP contribution in [-0.2, 0) is 9.53 Å². The molecule has 0 N–H and O–H groups in total. The van der Waals surface area contributed by atoms with Crippen molar-refractivity contribution in [3.05, 3.63) is 0 Å². The van der Waals surface area contributed by atoms with Gasteiger partial charge in [-0.2, -0.15) is 0 Å². The normalized spacial score (nSPS) is 13.1. The SMILES string of the molecule is CC(C)CCCCCCOC(=O)C(C)C(C)C. The summed E-state index contributed by atoms with van der Waals surface area (Å²) in [5, 5.41) is 0. The van der Waals surface area contributed by atoms with Gasteiger partial charge in [-0.1, -0.05) is 60.3 Å². The van der Waals surface area contributed by atoms with Crippen LogP contribution in [0.3, 0.4) is 0 Å². The maximum absolute atomic E-state index is 11.5. The highest BCUT2D eigenvalue weighted by atomic mass is 16.5. The van der Waals surface area contributed by atoms with Crippen molar-refractivity contribution in [3.8, 4) is 0 Å². The minimum absolute atomic E-state index is 0.0240. The van der Waals surface area contributed by atoms with Crippen LogP contribution in [0.15, 0.2) is 0 Å². The first-order chi connectivity index (χ1) is 7.95. The fourth-order valence-corrected chi connectivity index (χ4v) is 1.58. The number of carbonyl (C=O) groups excluding carboxylic acids is 1. The molecule has 0 saturated carbocycles. The molecule has 0 amide bonds. The topological polar surface area (TPSA) is 26.3 Å². The van der Waals surface area contributed by atoms with Gasteiger partial charge in [-0.25, -0.2) is 0 Å². The minimum atomic E-state index is -0.0396. The lowest BCUT2D eigenvalue weighted by Crippen LogP contribution is -2.20.